The molecule has 0 saturated heterocycles. The number of carbonyl (C=O) groups excluding carboxylic acids is 1. The average molecular weight is 335 g/mol. The second kappa shape index (κ2) is 7.00. The molecule has 6 heteroatoms. The van der Waals surface area contributed by atoms with E-state index in [0.717, 1.165) is 5.76 Å². The van der Waals surface area contributed by atoms with Gasteiger partial charge < -0.3 is 9.73 Å². The first-order valence-electron chi connectivity index (χ1n) is 7.48. The Bertz CT molecular complexity index is 764. The number of furan rings is 1. The van der Waals surface area contributed by atoms with E-state index in [2.05, 4.69) is 5.32 Å². The smallest absolute Gasteiger partial charge is 0.252 e. The summed E-state index contributed by atoms with van der Waals surface area (Å²) in [6.07, 6.45) is 2.12. The highest BCUT2D eigenvalue weighted by Gasteiger charge is 2.25. The van der Waals surface area contributed by atoms with E-state index in [4.69, 9.17) is 4.42 Å². The Morgan fingerprint density at radius 2 is 1.83 bits per heavy atom. The molecule has 0 saturated carbocycles. The van der Waals surface area contributed by atoms with Gasteiger partial charge in [-0.3, -0.25) is 4.79 Å². The van der Waals surface area contributed by atoms with Gasteiger partial charge in [-0.1, -0.05) is 12.1 Å². The molecule has 1 atom stereocenters. The van der Waals surface area contributed by atoms with E-state index in [1.54, 1.807) is 38.3 Å². The van der Waals surface area contributed by atoms with Crippen LogP contribution < -0.4 is 5.32 Å². The topological polar surface area (TPSA) is 76.4 Å². The summed E-state index contributed by atoms with van der Waals surface area (Å²) in [4.78, 5) is 12.5. The fraction of sp³-hybridized carbons (Fsp3) is 0.353. The van der Waals surface area contributed by atoms with Gasteiger partial charge in [0.2, 0.25) is 0 Å². The second-order valence-corrected chi connectivity index (χ2v) is 8.22. The molecule has 0 fully saturated rings. The summed E-state index contributed by atoms with van der Waals surface area (Å²) in [6, 6.07) is 9.73. The van der Waals surface area contributed by atoms with Gasteiger partial charge in [0.25, 0.3) is 5.91 Å². The lowest BCUT2D eigenvalue weighted by atomic mass is 10.1. The number of carbonyl (C=O) groups is 1. The summed E-state index contributed by atoms with van der Waals surface area (Å²) in [7, 11) is -3.52. The van der Waals surface area contributed by atoms with Crippen LogP contribution >= 0.6 is 0 Å². The molecule has 124 valence electrons. The van der Waals surface area contributed by atoms with Crippen molar-refractivity contribution in [3.8, 4) is 0 Å². The molecule has 1 heterocycles. The lowest BCUT2D eigenvalue weighted by molar-refractivity contribution is 0.0936. The van der Waals surface area contributed by atoms with Crippen LogP contribution in [-0.4, -0.2) is 25.6 Å². The maximum Gasteiger partial charge on any atom is 0.252 e. The van der Waals surface area contributed by atoms with Crippen LogP contribution in [0.15, 0.2) is 52.0 Å². The molecule has 0 aliphatic rings. The third-order valence-electron chi connectivity index (χ3n) is 3.52. The van der Waals surface area contributed by atoms with Crippen molar-refractivity contribution in [3.05, 3.63) is 54.0 Å². The largest absolute Gasteiger partial charge is 0.469 e. The number of rotatable bonds is 6. The van der Waals surface area contributed by atoms with Crippen LogP contribution in [0.25, 0.3) is 0 Å². The van der Waals surface area contributed by atoms with Gasteiger partial charge in [-0.2, -0.15) is 0 Å². The summed E-state index contributed by atoms with van der Waals surface area (Å²) in [6.45, 7) is 5.05. The molecule has 1 amide bonds. The maximum atomic E-state index is 12.5. The maximum absolute atomic E-state index is 12.5. The molecular formula is C17H21NO4S. The molecule has 0 radical (unpaired) electrons. The van der Waals surface area contributed by atoms with Gasteiger partial charge in [0, 0.05) is 12.5 Å². The molecule has 0 aliphatic carbocycles. The van der Waals surface area contributed by atoms with Crippen molar-refractivity contribution in [1.29, 1.82) is 0 Å². The minimum atomic E-state index is -3.52. The third kappa shape index (κ3) is 4.01. The Labute approximate surface area is 136 Å². The van der Waals surface area contributed by atoms with E-state index in [1.165, 1.54) is 12.1 Å². The Balaban J connectivity index is 2.20. The number of amides is 1. The zero-order valence-corrected chi connectivity index (χ0v) is 14.3. The first kappa shape index (κ1) is 17.3. The molecule has 0 spiro atoms. The van der Waals surface area contributed by atoms with Crippen molar-refractivity contribution in [1.82, 2.24) is 5.32 Å². The number of nitrogens with one attached hydrogen (secondary N) is 1. The molecule has 1 N–H and O–H groups in total. The predicted octanol–water partition coefficient (Wildman–Crippen LogP) is 2.82. The lowest BCUT2D eigenvalue weighted by Gasteiger charge is -2.16. The number of hydrogen-bond acceptors (Lipinski definition) is 4. The molecule has 1 aromatic carbocycles. The summed E-state index contributed by atoms with van der Waals surface area (Å²) in [5.74, 6) is 0.366. The van der Waals surface area contributed by atoms with Gasteiger partial charge in [-0.05, 0) is 45.0 Å². The highest BCUT2D eigenvalue weighted by atomic mass is 32.2. The zero-order valence-electron chi connectivity index (χ0n) is 13.4. The minimum absolute atomic E-state index is 0.0673. The van der Waals surface area contributed by atoms with Crippen LogP contribution in [0.4, 0.5) is 0 Å². The van der Waals surface area contributed by atoms with Crippen molar-refractivity contribution in [2.45, 2.75) is 43.4 Å². The van der Waals surface area contributed by atoms with Crippen molar-refractivity contribution in [2.24, 2.45) is 0 Å². The minimum Gasteiger partial charge on any atom is -0.469 e. The molecule has 23 heavy (non-hydrogen) atoms. The van der Waals surface area contributed by atoms with Crippen LogP contribution in [0.5, 0.6) is 0 Å². The van der Waals surface area contributed by atoms with Crippen molar-refractivity contribution in [2.75, 3.05) is 0 Å². The third-order valence-corrected chi connectivity index (χ3v) is 5.73. The summed E-state index contributed by atoms with van der Waals surface area (Å²) >= 11 is 0. The average Bonchev–Trinajstić information content (AvgIpc) is 2.99. The van der Waals surface area contributed by atoms with Crippen LogP contribution in [0.2, 0.25) is 0 Å². The Hall–Kier alpha value is -2.08. The fourth-order valence-electron chi connectivity index (χ4n) is 2.24. The van der Waals surface area contributed by atoms with Gasteiger partial charge >= 0.3 is 0 Å². The van der Waals surface area contributed by atoms with Crippen molar-refractivity contribution >= 4 is 15.7 Å². The first-order chi connectivity index (χ1) is 10.8. The molecule has 0 aliphatic heterocycles. The van der Waals surface area contributed by atoms with Gasteiger partial charge in [-0.25, -0.2) is 8.42 Å². The van der Waals surface area contributed by atoms with Gasteiger partial charge in [0.1, 0.15) is 5.76 Å². The van der Waals surface area contributed by atoms with Crippen molar-refractivity contribution < 1.29 is 17.6 Å². The van der Waals surface area contributed by atoms with Crippen molar-refractivity contribution in [3.63, 3.8) is 0 Å². The quantitative estimate of drug-likeness (QED) is 0.880. The normalized spacial score (nSPS) is 13.0. The summed E-state index contributed by atoms with van der Waals surface area (Å²) < 4.78 is 30.1. The monoisotopic (exact) mass is 335 g/mol. The molecule has 2 aromatic rings. The highest BCUT2D eigenvalue weighted by Crippen LogP contribution is 2.20. The van der Waals surface area contributed by atoms with E-state index in [1.807, 2.05) is 13.0 Å². The zero-order chi connectivity index (χ0) is 17.0. The number of benzene rings is 1. The fourth-order valence-corrected chi connectivity index (χ4v) is 3.48. The van der Waals surface area contributed by atoms with E-state index in [0.29, 0.717) is 6.42 Å². The molecule has 0 unspecified atom stereocenters. The predicted molar refractivity (Wildman–Crippen MR) is 88.1 cm³/mol. The van der Waals surface area contributed by atoms with Crippen LogP contribution in [0, 0.1) is 0 Å². The molecule has 5 nitrogen and oxygen atoms in total. The van der Waals surface area contributed by atoms with Gasteiger partial charge in [-0.15, -0.1) is 0 Å². The Kier molecular flexibility index (Phi) is 5.26. The Morgan fingerprint density at radius 3 is 2.43 bits per heavy atom. The van der Waals surface area contributed by atoms with E-state index < -0.39 is 21.0 Å². The van der Waals surface area contributed by atoms with Crippen LogP contribution in [-0.2, 0) is 16.3 Å². The van der Waals surface area contributed by atoms with E-state index >= 15 is 0 Å². The number of hydrogen-bond donors (Lipinski definition) is 1. The molecule has 2 rings (SSSR count). The van der Waals surface area contributed by atoms with Crippen LogP contribution in [0.3, 0.4) is 0 Å². The second-order valence-electron chi connectivity index (χ2n) is 5.75. The SMILES string of the molecule is CC(C)S(=O)(=O)c1ccccc1C(=O)N[C@@H](C)Cc1ccco1. The van der Waals surface area contributed by atoms with Crippen LogP contribution in [0.1, 0.15) is 36.9 Å². The molecular weight excluding hydrogens is 314 g/mol. The number of sulfone groups is 1. The van der Waals surface area contributed by atoms with E-state index in [-0.39, 0.29) is 16.5 Å². The van der Waals surface area contributed by atoms with E-state index in [9.17, 15) is 13.2 Å². The lowest BCUT2D eigenvalue weighted by Crippen LogP contribution is -2.35. The summed E-state index contributed by atoms with van der Waals surface area (Å²) in [5, 5.41) is 2.24. The first-order valence-corrected chi connectivity index (χ1v) is 9.03. The highest BCUT2D eigenvalue weighted by molar-refractivity contribution is 7.92. The van der Waals surface area contributed by atoms with Gasteiger partial charge in [0.15, 0.2) is 9.84 Å². The molecule has 1 aromatic heterocycles. The molecule has 0 bridgehead atoms. The standard InChI is InChI=1S/C17H21NO4S/c1-12(2)23(20,21)16-9-5-4-8-15(16)17(19)18-13(3)11-14-7-6-10-22-14/h4-10,12-13H,11H2,1-3H3,(H,18,19)/t13-/m0/s1. The summed E-state index contributed by atoms with van der Waals surface area (Å²) in [5.41, 5.74) is 0.174. The Morgan fingerprint density at radius 1 is 1.13 bits per heavy atom. The van der Waals surface area contributed by atoms with Gasteiger partial charge in [0.05, 0.1) is 22.0 Å².